The van der Waals surface area contributed by atoms with E-state index in [2.05, 4.69) is 15.7 Å². The Balaban J connectivity index is 1.63. The number of aryl methyl sites for hydroxylation is 1. The molecule has 0 spiro atoms. The van der Waals surface area contributed by atoms with Crippen LogP contribution in [0.25, 0.3) is 10.9 Å². The van der Waals surface area contributed by atoms with Crippen LogP contribution in [0.3, 0.4) is 0 Å². The number of carbonyl (C=O) groups excluding carboxylic acids is 1. The number of aromatic nitrogens is 2. The largest absolute Gasteiger partial charge is 0.393 e. The first-order valence-corrected chi connectivity index (χ1v) is 11.2. The monoisotopic (exact) mass is 426 g/mol. The van der Waals surface area contributed by atoms with Gasteiger partial charge in [-0.1, -0.05) is 18.2 Å². The minimum Gasteiger partial charge on any atom is -0.393 e. The predicted octanol–water partition coefficient (Wildman–Crippen LogP) is 2.67. The Labute approximate surface area is 178 Å². The van der Waals surface area contributed by atoms with E-state index in [-0.39, 0.29) is 30.2 Å². The molecule has 1 amide bonds. The van der Waals surface area contributed by atoms with Gasteiger partial charge in [0.2, 0.25) is 0 Å². The third kappa shape index (κ3) is 3.73. The number of hydrogen-bond donors (Lipinski definition) is 4. The molecule has 0 bridgehead atoms. The fraction of sp³-hybridized carbons (Fsp3) is 0.364. The van der Waals surface area contributed by atoms with Crippen LogP contribution in [0.2, 0.25) is 0 Å². The van der Waals surface area contributed by atoms with Crippen molar-refractivity contribution in [3.8, 4) is 0 Å². The maximum absolute atomic E-state index is 13.2. The number of aliphatic hydroxyl groups is 1. The van der Waals surface area contributed by atoms with Crippen molar-refractivity contribution in [1.29, 1.82) is 0 Å². The van der Waals surface area contributed by atoms with E-state index in [0.29, 0.717) is 24.0 Å². The van der Waals surface area contributed by atoms with Gasteiger partial charge in [-0.2, -0.15) is 0 Å². The highest BCUT2D eigenvalue weighted by molar-refractivity contribution is 7.98. The van der Waals surface area contributed by atoms with Crippen LogP contribution < -0.4 is 16.3 Å². The topological polar surface area (TPSA) is 99.2 Å². The molecule has 1 fully saturated rings. The summed E-state index contributed by atoms with van der Waals surface area (Å²) in [7, 11) is 0. The lowest BCUT2D eigenvalue weighted by Crippen LogP contribution is -2.43. The molecule has 7 nitrogen and oxygen atoms in total. The third-order valence-corrected chi connectivity index (χ3v) is 6.44. The van der Waals surface area contributed by atoms with Crippen molar-refractivity contribution in [3.63, 3.8) is 0 Å². The third-order valence-electron chi connectivity index (χ3n) is 5.64. The van der Waals surface area contributed by atoms with Gasteiger partial charge in [0, 0.05) is 34.1 Å². The van der Waals surface area contributed by atoms with Crippen LogP contribution >= 0.6 is 11.8 Å². The molecule has 1 saturated carbocycles. The number of aliphatic hydroxyl groups excluding tert-OH is 1. The van der Waals surface area contributed by atoms with E-state index in [1.807, 2.05) is 55.1 Å². The lowest BCUT2D eigenvalue weighted by molar-refractivity contribution is 0.0795. The molecular weight excluding hydrogens is 400 g/mol. The Kier molecular flexibility index (Phi) is 5.62. The fourth-order valence-corrected chi connectivity index (χ4v) is 4.69. The highest BCUT2D eigenvalue weighted by atomic mass is 32.2. The van der Waals surface area contributed by atoms with Crippen molar-refractivity contribution in [3.05, 3.63) is 63.2 Å². The lowest BCUT2D eigenvalue weighted by Gasteiger charge is -2.33. The van der Waals surface area contributed by atoms with E-state index in [0.717, 1.165) is 27.2 Å². The number of nitrogens with zero attached hydrogens (tertiary/aromatic N) is 1. The van der Waals surface area contributed by atoms with E-state index in [1.165, 1.54) is 11.8 Å². The molecule has 2 aromatic heterocycles. The van der Waals surface area contributed by atoms with Crippen molar-refractivity contribution >= 4 is 28.6 Å². The van der Waals surface area contributed by atoms with Crippen molar-refractivity contribution in [2.24, 2.45) is 0 Å². The van der Waals surface area contributed by atoms with Crippen LogP contribution in [-0.4, -0.2) is 39.1 Å². The summed E-state index contributed by atoms with van der Waals surface area (Å²) in [6, 6.07) is 9.84. The quantitative estimate of drug-likeness (QED) is 0.454. The Morgan fingerprint density at radius 1 is 1.30 bits per heavy atom. The van der Waals surface area contributed by atoms with Crippen LogP contribution in [0.5, 0.6) is 0 Å². The van der Waals surface area contributed by atoms with E-state index in [1.54, 1.807) is 0 Å². The van der Waals surface area contributed by atoms with Crippen LogP contribution in [0, 0.1) is 13.8 Å². The van der Waals surface area contributed by atoms with Gasteiger partial charge >= 0.3 is 0 Å². The Bertz CT molecular complexity index is 1160. The first-order chi connectivity index (χ1) is 14.4. The summed E-state index contributed by atoms with van der Waals surface area (Å²) in [6.45, 7) is 3.91. The number of benzene rings is 1. The Morgan fingerprint density at radius 3 is 2.73 bits per heavy atom. The molecule has 3 aromatic rings. The van der Waals surface area contributed by atoms with Crippen molar-refractivity contribution in [2.75, 3.05) is 11.7 Å². The summed E-state index contributed by atoms with van der Waals surface area (Å²) in [5, 5.41) is 13.4. The van der Waals surface area contributed by atoms with E-state index >= 15 is 0 Å². The molecule has 2 heterocycles. The van der Waals surface area contributed by atoms with Crippen LogP contribution in [0.1, 0.15) is 40.2 Å². The number of fused-ring (bicyclic) bond motifs is 1. The standard InChI is InChI=1S/C22H26N4O3S/c1-12-8-19(30-3)17(21(28)24-12)11-23-22(29)20-13(2)26(25-14-9-15(27)10-14)18-7-5-4-6-16(18)20/h4-8,14-15,25,27H,9-11H2,1-3H3,(H,23,29)(H,24,28)/t14-,15-. The number of pyridine rings is 1. The number of hydrogen-bond acceptors (Lipinski definition) is 5. The Morgan fingerprint density at radius 2 is 2.03 bits per heavy atom. The maximum Gasteiger partial charge on any atom is 0.254 e. The molecule has 158 valence electrons. The molecular formula is C22H26N4O3S. The maximum atomic E-state index is 13.2. The molecule has 1 aliphatic carbocycles. The summed E-state index contributed by atoms with van der Waals surface area (Å²) in [6.07, 6.45) is 3.05. The zero-order valence-electron chi connectivity index (χ0n) is 17.3. The van der Waals surface area contributed by atoms with Gasteiger partial charge in [-0.3, -0.25) is 14.3 Å². The van der Waals surface area contributed by atoms with Gasteiger partial charge in [0.1, 0.15) is 0 Å². The minimum atomic E-state index is -0.259. The summed E-state index contributed by atoms with van der Waals surface area (Å²) >= 11 is 1.49. The molecule has 8 heteroatoms. The SMILES string of the molecule is CSc1cc(C)[nH]c(=O)c1CNC(=O)c1c(C)n(N[C@H]2C[C@H](O)C2)c2ccccc12. The molecule has 0 aliphatic heterocycles. The van der Waals surface area contributed by atoms with Gasteiger partial charge in [-0.25, -0.2) is 0 Å². The lowest BCUT2D eigenvalue weighted by atomic mass is 9.90. The van der Waals surface area contributed by atoms with Gasteiger partial charge in [0.15, 0.2) is 0 Å². The number of aromatic amines is 1. The molecule has 0 unspecified atom stereocenters. The number of thioether (sulfide) groups is 1. The van der Waals surface area contributed by atoms with Crippen molar-refractivity contribution in [1.82, 2.24) is 15.0 Å². The molecule has 30 heavy (non-hydrogen) atoms. The minimum absolute atomic E-state index is 0.159. The van der Waals surface area contributed by atoms with Crippen molar-refractivity contribution in [2.45, 2.75) is 50.3 Å². The van der Waals surface area contributed by atoms with E-state index in [9.17, 15) is 14.7 Å². The number of rotatable bonds is 6. The second kappa shape index (κ2) is 8.20. The van der Waals surface area contributed by atoms with Gasteiger partial charge in [-0.15, -0.1) is 11.8 Å². The zero-order valence-corrected chi connectivity index (χ0v) is 18.1. The van der Waals surface area contributed by atoms with Crippen LogP contribution in [0.4, 0.5) is 0 Å². The second-order valence-electron chi connectivity index (χ2n) is 7.78. The van der Waals surface area contributed by atoms with Crippen LogP contribution in [0.15, 0.2) is 40.0 Å². The highest BCUT2D eigenvalue weighted by Gasteiger charge is 2.29. The molecule has 1 aromatic carbocycles. The van der Waals surface area contributed by atoms with Gasteiger partial charge in [-0.05, 0) is 45.1 Å². The van der Waals surface area contributed by atoms with Crippen LogP contribution in [-0.2, 0) is 6.54 Å². The van der Waals surface area contributed by atoms with Crippen molar-refractivity contribution < 1.29 is 9.90 Å². The predicted molar refractivity (Wildman–Crippen MR) is 120 cm³/mol. The number of amides is 1. The summed E-state index contributed by atoms with van der Waals surface area (Å²) in [5.74, 6) is -0.218. The Hall–Kier alpha value is -2.71. The normalized spacial score (nSPS) is 18.3. The van der Waals surface area contributed by atoms with Gasteiger partial charge in [0.05, 0.1) is 22.9 Å². The number of nitrogens with one attached hydrogen (secondary N) is 3. The zero-order chi connectivity index (χ0) is 21.4. The molecule has 0 saturated heterocycles. The molecule has 4 rings (SSSR count). The average Bonchev–Trinajstić information content (AvgIpc) is 2.97. The average molecular weight is 427 g/mol. The van der Waals surface area contributed by atoms with E-state index < -0.39 is 0 Å². The molecule has 1 aliphatic rings. The molecule has 4 N–H and O–H groups in total. The number of carbonyl (C=O) groups is 1. The van der Waals surface area contributed by atoms with Gasteiger partial charge in [0.25, 0.3) is 11.5 Å². The van der Waals surface area contributed by atoms with E-state index in [4.69, 9.17) is 0 Å². The summed E-state index contributed by atoms with van der Waals surface area (Å²) in [4.78, 5) is 29.2. The van der Waals surface area contributed by atoms with Gasteiger partial charge < -0.3 is 20.8 Å². The number of H-pyrrole nitrogens is 1. The smallest absolute Gasteiger partial charge is 0.254 e. The highest BCUT2D eigenvalue weighted by Crippen LogP contribution is 2.28. The summed E-state index contributed by atoms with van der Waals surface area (Å²) < 4.78 is 1.94. The first-order valence-electron chi connectivity index (χ1n) is 9.98. The first kappa shape index (κ1) is 20.6. The fourth-order valence-electron chi connectivity index (χ4n) is 3.99. The molecule has 0 atom stereocenters. The molecule has 0 radical (unpaired) electrons. The second-order valence-corrected chi connectivity index (χ2v) is 8.62. The summed E-state index contributed by atoms with van der Waals surface area (Å²) in [5.41, 5.74) is 6.91. The number of para-hydroxylation sites is 1.